The minimum absolute atomic E-state index is 0.112. The van der Waals surface area contributed by atoms with Crippen LogP contribution < -0.4 is 0 Å². The van der Waals surface area contributed by atoms with Crippen LogP contribution in [0, 0.1) is 90.6 Å². The second-order valence-corrected chi connectivity index (χ2v) is 7.80. The fourth-order valence-electron chi connectivity index (χ4n) is 4.14. The maximum atomic E-state index is 9.51. The minimum Gasteiger partial charge on any atom is -0.341 e. The molecule has 9 nitrogen and oxygen atoms in total. The van der Waals surface area contributed by atoms with Gasteiger partial charge in [0.1, 0.15) is 70.8 Å². The Hall–Kier alpha value is -6.88. The Morgan fingerprint density at radius 1 is 0.590 bits per heavy atom. The van der Waals surface area contributed by atoms with Gasteiger partial charge in [-0.2, -0.15) is 42.1 Å². The van der Waals surface area contributed by atoms with Gasteiger partial charge < -0.3 is 4.57 Å². The van der Waals surface area contributed by atoms with Crippen LogP contribution in [0.25, 0.3) is 33.0 Å². The van der Waals surface area contributed by atoms with Gasteiger partial charge in [-0.05, 0) is 54.5 Å². The van der Waals surface area contributed by atoms with Crippen LogP contribution >= 0.6 is 0 Å². The predicted octanol–water partition coefficient (Wildman–Crippen LogP) is 5.36. The van der Waals surface area contributed by atoms with Crippen molar-refractivity contribution in [1.29, 1.82) is 42.1 Å². The Morgan fingerprint density at radius 3 is 1.23 bits per heavy atom. The van der Waals surface area contributed by atoms with Gasteiger partial charge in [-0.3, -0.25) is 0 Å². The number of fused-ring (bicyclic) bond motifs is 3. The van der Waals surface area contributed by atoms with Gasteiger partial charge in [0.25, 0.3) is 0 Å². The van der Waals surface area contributed by atoms with E-state index in [1.807, 2.05) is 35.8 Å². The summed E-state index contributed by atoms with van der Waals surface area (Å²) in [5.41, 5.74) is 1.58. The molecule has 3 aromatic rings. The third-order valence-electron chi connectivity index (χ3n) is 5.85. The monoisotopic (exact) mass is 499 g/mol. The molecule has 0 fully saturated rings. The molecule has 9 heteroatoms. The Balaban J connectivity index is 2.48. The van der Waals surface area contributed by atoms with Crippen molar-refractivity contribution in [2.24, 2.45) is 0 Å². The summed E-state index contributed by atoms with van der Waals surface area (Å²) in [6.07, 6.45) is 2.38. The molecule has 39 heavy (non-hydrogen) atoms. The fraction of sp³-hybridized carbons (Fsp3) is 0.0667. The van der Waals surface area contributed by atoms with Gasteiger partial charge in [-0.15, -0.1) is 0 Å². The molecule has 0 aliphatic rings. The average Bonchev–Trinajstić information content (AvgIpc) is 3.29. The van der Waals surface area contributed by atoms with Gasteiger partial charge in [-0.1, -0.05) is 12.1 Å². The van der Waals surface area contributed by atoms with Crippen LogP contribution in [0.4, 0.5) is 0 Å². The Labute approximate surface area is 223 Å². The lowest BCUT2D eigenvalue weighted by Gasteiger charge is -2.06. The van der Waals surface area contributed by atoms with E-state index in [0.29, 0.717) is 28.4 Å². The molecule has 0 radical (unpaired) electrons. The van der Waals surface area contributed by atoms with Crippen LogP contribution in [0.15, 0.2) is 70.8 Å². The van der Waals surface area contributed by atoms with Crippen LogP contribution in [0.2, 0.25) is 0 Å². The molecule has 1 aromatic heterocycles. The van der Waals surface area contributed by atoms with Gasteiger partial charge in [-0.25, -0.2) is 0 Å². The standard InChI is InChI=1S/C30H13N9/c1-2-39-29-5-3-21(25(23(15-35)16-36)7-19(11-31)12-32)9-27(29)28-10-22(4-6-30(28)39)26(24(17-37)18-38)8-20(13-33)14-34/h3-10H,2H2,1H3. The van der Waals surface area contributed by atoms with Crippen LogP contribution in [0.5, 0.6) is 0 Å². The number of nitriles is 8. The largest absolute Gasteiger partial charge is 0.341 e. The summed E-state index contributed by atoms with van der Waals surface area (Å²) in [6, 6.07) is 24.6. The van der Waals surface area contributed by atoms with E-state index in [9.17, 15) is 42.1 Å². The first-order chi connectivity index (χ1) is 18.9. The molecular weight excluding hydrogens is 486 g/mol. The summed E-state index contributed by atoms with van der Waals surface area (Å²) in [5, 5.41) is 76.4. The quantitative estimate of drug-likeness (QED) is 0.330. The molecule has 1 heterocycles. The van der Waals surface area contributed by atoms with Crippen LogP contribution in [0.1, 0.15) is 18.1 Å². The van der Waals surface area contributed by atoms with Crippen LogP contribution in [-0.2, 0) is 6.54 Å². The second kappa shape index (κ2) is 11.7. The van der Waals surface area contributed by atoms with Crippen molar-refractivity contribution in [2.75, 3.05) is 0 Å². The summed E-state index contributed by atoms with van der Waals surface area (Å²) in [7, 11) is 0. The molecule has 0 saturated carbocycles. The fourth-order valence-corrected chi connectivity index (χ4v) is 4.14. The highest BCUT2D eigenvalue weighted by Crippen LogP contribution is 2.35. The Kier molecular flexibility index (Phi) is 8.02. The molecule has 2 aromatic carbocycles. The van der Waals surface area contributed by atoms with Gasteiger partial charge in [0.2, 0.25) is 0 Å². The zero-order valence-electron chi connectivity index (χ0n) is 20.4. The van der Waals surface area contributed by atoms with Crippen LogP contribution in [-0.4, -0.2) is 4.57 Å². The second-order valence-electron chi connectivity index (χ2n) is 7.80. The maximum Gasteiger partial charge on any atom is 0.137 e. The van der Waals surface area contributed by atoms with E-state index in [4.69, 9.17) is 0 Å². The number of hydrogen-bond acceptors (Lipinski definition) is 8. The molecule has 178 valence electrons. The molecule has 0 atom stereocenters. The van der Waals surface area contributed by atoms with Gasteiger partial charge in [0, 0.05) is 39.5 Å². The molecule has 0 aliphatic heterocycles. The highest BCUT2D eigenvalue weighted by Gasteiger charge is 2.16. The van der Waals surface area contributed by atoms with Crippen molar-refractivity contribution in [2.45, 2.75) is 13.5 Å². The zero-order chi connectivity index (χ0) is 28.5. The van der Waals surface area contributed by atoms with E-state index in [1.165, 1.54) is 12.2 Å². The lowest BCUT2D eigenvalue weighted by atomic mass is 9.95. The summed E-state index contributed by atoms with van der Waals surface area (Å²) in [6.45, 7) is 2.54. The third kappa shape index (κ3) is 4.94. The smallest absolute Gasteiger partial charge is 0.137 e. The number of aryl methyl sites for hydroxylation is 1. The normalized spacial score (nSPS) is 9.05. The van der Waals surface area contributed by atoms with Crippen molar-refractivity contribution < 1.29 is 0 Å². The average molecular weight is 499 g/mol. The van der Waals surface area contributed by atoms with Gasteiger partial charge >= 0.3 is 0 Å². The molecule has 0 saturated heterocycles. The topological polar surface area (TPSA) is 195 Å². The third-order valence-corrected chi connectivity index (χ3v) is 5.85. The number of hydrogen-bond donors (Lipinski definition) is 0. The summed E-state index contributed by atoms with van der Waals surface area (Å²) in [4.78, 5) is 0. The number of nitrogens with zero attached hydrogens (tertiary/aromatic N) is 9. The lowest BCUT2D eigenvalue weighted by molar-refractivity contribution is 0.827. The first kappa shape index (κ1) is 26.7. The minimum atomic E-state index is -0.278. The van der Waals surface area contributed by atoms with E-state index in [-0.39, 0.29) is 33.4 Å². The molecule has 0 aliphatic carbocycles. The zero-order valence-corrected chi connectivity index (χ0v) is 20.4. The SMILES string of the molecule is CCn1c2ccc(C(C=C(C#N)C#N)=C(C#N)C#N)cc2c2cc(C(C=C(C#N)C#N)=C(C#N)C#N)ccc21. The number of benzene rings is 2. The molecule has 0 N–H and O–H groups in total. The molecule has 0 spiro atoms. The lowest BCUT2D eigenvalue weighted by Crippen LogP contribution is -1.94. The summed E-state index contributed by atoms with van der Waals surface area (Å²) < 4.78 is 2.02. The van der Waals surface area contributed by atoms with Crippen molar-refractivity contribution in [3.63, 3.8) is 0 Å². The highest BCUT2D eigenvalue weighted by atomic mass is 15.0. The summed E-state index contributed by atoms with van der Waals surface area (Å²) in [5.74, 6) is 0. The van der Waals surface area contributed by atoms with E-state index in [2.05, 4.69) is 0 Å². The molecule has 0 amide bonds. The van der Waals surface area contributed by atoms with Crippen molar-refractivity contribution in [1.82, 2.24) is 4.57 Å². The number of allylic oxidation sites excluding steroid dienone is 8. The van der Waals surface area contributed by atoms with E-state index >= 15 is 0 Å². The van der Waals surface area contributed by atoms with E-state index < -0.39 is 0 Å². The van der Waals surface area contributed by atoms with Gasteiger partial charge in [0.15, 0.2) is 0 Å². The molecule has 0 unspecified atom stereocenters. The first-order valence-electron chi connectivity index (χ1n) is 11.1. The first-order valence-corrected chi connectivity index (χ1v) is 11.1. The van der Waals surface area contributed by atoms with Crippen molar-refractivity contribution in [3.8, 4) is 48.6 Å². The molecule has 3 rings (SSSR count). The van der Waals surface area contributed by atoms with E-state index in [0.717, 1.165) is 11.0 Å². The van der Waals surface area contributed by atoms with Crippen LogP contribution in [0.3, 0.4) is 0 Å². The van der Waals surface area contributed by atoms with Crippen molar-refractivity contribution >= 4 is 33.0 Å². The summed E-state index contributed by atoms with van der Waals surface area (Å²) >= 11 is 0. The van der Waals surface area contributed by atoms with Gasteiger partial charge in [0.05, 0.1) is 0 Å². The molecular formula is C30H13N9. The predicted molar refractivity (Wildman–Crippen MR) is 140 cm³/mol. The number of rotatable bonds is 5. The Morgan fingerprint density at radius 2 is 0.949 bits per heavy atom. The number of aromatic nitrogens is 1. The Bertz CT molecular complexity index is 1810. The van der Waals surface area contributed by atoms with E-state index in [1.54, 1.807) is 60.7 Å². The highest BCUT2D eigenvalue weighted by molar-refractivity contribution is 6.10. The van der Waals surface area contributed by atoms with Crippen molar-refractivity contribution in [3.05, 3.63) is 82.0 Å². The maximum absolute atomic E-state index is 9.51. The molecule has 0 bridgehead atoms.